The zero-order valence-corrected chi connectivity index (χ0v) is 9.86. The van der Waals surface area contributed by atoms with E-state index in [1.54, 1.807) is 36.4 Å². The monoisotopic (exact) mass is 226 g/mol. The predicted molar refractivity (Wildman–Crippen MR) is 66.0 cm³/mol. The first-order chi connectivity index (χ1) is 8.00. The highest BCUT2D eigenvalue weighted by Gasteiger charge is 2.24. The molecule has 0 unspecified atom stereocenters. The highest BCUT2D eigenvalue weighted by molar-refractivity contribution is 5.41. The van der Waals surface area contributed by atoms with Gasteiger partial charge in [0.05, 0.1) is 0 Å². The summed E-state index contributed by atoms with van der Waals surface area (Å²) in [6.45, 7) is 4.01. The molecule has 0 aliphatic carbocycles. The van der Waals surface area contributed by atoms with Crippen molar-refractivity contribution in [2.45, 2.75) is 19.3 Å². The lowest BCUT2D eigenvalue weighted by molar-refractivity contribution is 0.469. The molecule has 0 bridgehead atoms. The van der Waals surface area contributed by atoms with Crippen LogP contribution in [0.1, 0.15) is 25.0 Å². The topological polar surface area (TPSA) is 40.5 Å². The van der Waals surface area contributed by atoms with E-state index in [2.05, 4.69) is 12.1 Å². The third kappa shape index (κ3) is 2.26. The summed E-state index contributed by atoms with van der Waals surface area (Å²) in [6, 6.07) is 16.1. The number of hydrogen-bond acceptors (Lipinski definition) is 2. The zero-order valence-electron chi connectivity index (χ0n) is 9.86. The van der Waals surface area contributed by atoms with Gasteiger partial charge in [-0.1, -0.05) is 26.0 Å². The van der Waals surface area contributed by atoms with Crippen LogP contribution >= 0.6 is 0 Å². The molecule has 0 saturated heterocycles. The highest BCUT2D eigenvalue weighted by Crippen LogP contribution is 2.33. The van der Waals surface area contributed by atoms with Crippen LogP contribution in [-0.4, -0.2) is 10.2 Å². The first-order valence-electron chi connectivity index (χ1n) is 5.42. The van der Waals surface area contributed by atoms with Crippen molar-refractivity contribution in [3.8, 4) is 11.5 Å². The van der Waals surface area contributed by atoms with Crippen LogP contribution in [0.4, 0.5) is 0 Å². The van der Waals surface area contributed by atoms with E-state index in [0.717, 1.165) is 11.1 Å². The molecular weight excluding hydrogens is 212 g/mol. The molecule has 0 aromatic heterocycles. The van der Waals surface area contributed by atoms with Gasteiger partial charge in [0.1, 0.15) is 11.5 Å². The van der Waals surface area contributed by atoms with Gasteiger partial charge in [-0.2, -0.15) is 0 Å². The first kappa shape index (κ1) is 11.5. The quantitative estimate of drug-likeness (QED) is 0.826. The second-order valence-electron chi connectivity index (χ2n) is 4.55. The molecule has 0 atom stereocenters. The number of aromatic hydroxyl groups is 2. The predicted octanol–water partition coefficient (Wildman–Crippen LogP) is 3.02. The van der Waals surface area contributed by atoms with Crippen LogP contribution in [0.25, 0.3) is 0 Å². The van der Waals surface area contributed by atoms with Crippen LogP contribution < -0.4 is 0 Å². The Morgan fingerprint density at radius 3 is 1.65 bits per heavy atom. The normalized spacial score (nSPS) is 11.4. The molecule has 0 aliphatic rings. The molecule has 2 aromatic rings. The fraction of sp³-hybridized carbons (Fsp3) is 0.200. The number of hydrogen-bond donors (Lipinski definition) is 2. The molecule has 17 heavy (non-hydrogen) atoms. The summed E-state index contributed by atoms with van der Waals surface area (Å²) in [5.74, 6) is 0.430. The molecule has 2 heteroatoms. The Morgan fingerprint density at radius 1 is 0.882 bits per heavy atom. The standard InChI is InChI=1S/C15H14O2/c1-15(2,11-5-3-7-13(16)9-11)12-6-4-8-14(17)10-12/h3-4,7-10,16-17H,1-2H3. The average Bonchev–Trinajstić information content (AvgIpc) is 2.29. The molecule has 2 radical (unpaired) electrons. The van der Waals surface area contributed by atoms with E-state index in [9.17, 15) is 10.2 Å². The van der Waals surface area contributed by atoms with Gasteiger partial charge < -0.3 is 10.2 Å². The third-order valence-corrected chi connectivity index (χ3v) is 2.92. The Hall–Kier alpha value is -1.96. The third-order valence-electron chi connectivity index (χ3n) is 2.92. The van der Waals surface area contributed by atoms with Crippen molar-refractivity contribution >= 4 is 0 Å². The van der Waals surface area contributed by atoms with Crippen LogP contribution in [0.15, 0.2) is 36.4 Å². The Labute approximate surface area is 101 Å². The summed E-state index contributed by atoms with van der Waals surface area (Å²) >= 11 is 0. The number of phenolic OH excluding ortho intramolecular Hbond substituents is 2. The Morgan fingerprint density at radius 2 is 1.29 bits per heavy atom. The maximum Gasteiger partial charge on any atom is 0.115 e. The van der Waals surface area contributed by atoms with Crippen molar-refractivity contribution < 1.29 is 10.2 Å². The van der Waals surface area contributed by atoms with Crippen LogP contribution in [-0.2, 0) is 5.41 Å². The van der Waals surface area contributed by atoms with Gasteiger partial charge in [0.2, 0.25) is 0 Å². The second-order valence-corrected chi connectivity index (χ2v) is 4.55. The first-order valence-corrected chi connectivity index (χ1v) is 5.42. The second kappa shape index (κ2) is 4.13. The molecule has 0 saturated carbocycles. The minimum Gasteiger partial charge on any atom is -0.508 e. The van der Waals surface area contributed by atoms with Gasteiger partial charge in [0.25, 0.3) is 0 Å². The molecular formula is C15H14O2. The molecule has 2 N–H and O–H groups in total. The number of rotatable bonds is 2. The Balaban J connectivity index is 2.49. The SMILES string of the molecule is CC(C)(c1[c]ccc(O)c1)c1[c]ccc(O)c1. The molecule has 0 aliphatic heterocycles. The Bertz CT molecular complexity index is 482. The van der Waals surface area contributed by atoms with E-state index < -0.39 is 0 Å². The molecule has 0 spiro atoms. The average molecular weight is 226 g/mol. The van der Waals surface area contributed by atoms with E-state index in [-0.39, 0.29) is 16.9 Å². The van der Waals surface area contributed by atoms with E-state index in [1.165, 1.54) is 0 Å². The summed E-state index contributed by atoms with van der Waals surface area (Å²) < 4.78 is 0. The van der Waals surface area contributed by atoms with Gasteiger partial charge >= 0.3 is 0 Å². The van der Waals surface area contributed by atoms with Crippen molar-refractivity contribution in [2.24, 2.45) is 0 Å². The summed E-state index contributed by atoms with van der Waals surface area (Å²) in [6.07, 6.45) is 0. The number of benzene rings is 2. The lowest BCUT2D eigenvalue weighted by Crippen LogP contribution is -2.18. The van der Waals surface area contributed by atoms with Crippen molar-refractivity contribution in [1.82, 2.24) is 0 Å². The van der Waals surface area contributed by atoms with Gasteiger partial charge in [-0.3, -0.25) is 0 Å². The smallest absolute Gasteiger partial charge is 0.115 e. The summed E-state index contributed by atoms with van der Waals surface area (Å²) in [5, 5.41) is 19.0. The van der Waals surface area contributed by atoms with Crippen LogP contribution in [0.2, 0.25) is 0 Å². The lowest BCUT2D eigenvalue weighted by Gasteiger charge is -2.25. The summed E-state index contributed by atoms with van der Waals surface area (Å²) in [5.41, 5.74) is 1.36. The van der Waals surface area contributed by atoms with Gasteiger partial charge in [-0.15, -0.1) is 0 Å². The van der Waals surface area contributed by atoms with Gasteiger partial charge in [-0.05, 0) is 47.5 Å². The largest absolute Gasteiger partial charge is 0.508 e. The van der Waals surface area contributed by atoms with Crippen molar-refractivity contribution in [3.05, 3.63) is 59.7 Å². The molecule has 0 fully saturated rings. The maximum atomic E-state index is 9.50. The van der Waals surface area contributed by atoms with E-state index in [1.807, 2.05) is 13.8 Å². The zero-order chi connectivity index (χ0) is 12.5. The van der Waals surface area contributed by atoms with Crippen LogP contribution in [0, 0.1) is 12.1 Å². The van der Waals surface area contributed by atoms with E-state index in [4.69, 9.17) is 0 Å². The molecule has 86 valence electrons. The van der Waals surface area contributed by atoms with Crippen molar-refractivity contribution in [3.63, 3.8) is 0 Å². The minimum atomic E-state index is -0.364. The summed E-state index contributed by atoms with van der Waals surface area (Å²) in [7, 11) is 0. The van der Waals surface area contributed by atoms with Gasteiger partial charge in [0.15, 0.2) is 0 Å². The fourth-order valence-electron chi connectivity index (χ4n) is 1.78. The van der Waals surface area contributed by atoms with Crippen LogP contribution in [0.3, 0.4) is 0 Å². The summed E-state index contributed by atoms with van der Waals surface area (Å²) in [4.78, 5) is 0. The van der Waals surface area contributed by atoms with Crippen molar-refractivity contribution in [2.75, 3.05) is 0 Å². The van der Waals surface area contributed by atoms with E-state index >= 15 is 0 Å². The lowest BCUT2D eigenvalue weighted by atomic mass is 9.78. The molecule has 0 amide bonds. The minimum absolute atomic E-state index is 0.215. The molecule has 2 nitrogen and oxygen atoms in total. The van der Waals surface area contributed by atoms with Gasteiger partial charge in [0, 0.05) is 5.41 Å². The maximum absolute atomic E-state index is 9.50. The molecule has 0 heterocycles. The van der Waals surface area contributed by atoms with Gasteiger partial charge in [-0.25, -0.2) is 0 Å². The number of phenols is 2. The molecule has 2 rings (SSSR count). The Kier molecular flexibility index (Phi) is 2.80. The highest BCUT2D eigenvalue weighted by atomic mass is 16.3. The van der Waals surface area contributed by atoms with Crippen LogP contribution in [0.5, 0.6) is 11.5 Å². The van der Waals surface area contributed by atoms with Crippen molar-refractivity contribution in [1.29, 1.82) is 0 Å². The molecule has 2 aromatic carbocycles. The fourth-order valence-corrected chi connectivity index (χ4v) is 1.78. The van der Waals surface area contributed by atoms with E-state index in [0.29, 0.717) is 0 Å².